The molecule has 1 saturated carbocycles. The van der Waals surface area contributed by atoms with Crippen LogP contribution in [0.2, 0.25) is 0 Å². The highest BCUT2D eigenvalue weighted by Gasteiger charge is 2.47. The number of alkyl halides is 2. The highest BCUT2D eigenvalue weighted by Crippen LogP contribution is 2.38. The molecular weight excluding hydrogens is 250 g/mol. The lowest BCUT2D eigenvalue weighted by molar-refractivity contribution is -0.143. The normalized spacial score (nSPS) is 28.7. The van der Waals surface area contributed by atoms with Crippen LogP contribution in [0.3, 0.4) is 0 Å². The van der Waals surface area contributed by atoms with Gasteiger partial charge in [0.15, 0.2) is 0 Å². The van der Waals surface area contributed by atoms with Crippen molar-refractivity contribution in [3.63, 3.8) is 0 Å². The summed E-state index contributed by atoms with van der Waals surface area (Å²) in [5.41, 5.74) is -0.389. The van der Waals surface area contributed by atoms with Crippen LogP contribution in [-0.4, -0.2) is 53.9 Å². The molecule has 0 bridgehead atoms. The number of hydrogen-bond acceptors (Lipinski definition) is 2. The molecule has 0 N–H and O–H groups in total. The first-order valence-corrected chi connectivity index (χ1v) is 7.13. The summed E-state index contributed by atoms with van der Waals surface area (Å²) in [4.78, 5) is 15.8. The van der Waals surface area contributed by atoms with E-state index in [0.29, 0.717) is 39.0 Å². The zero-order chi connectivity index (χ0) is 14.3. The molecule has 1 amide bonds. The van der Waals surface area contributed by atoms with E-state index in [9.17, 15) is 13.6 Å². The van der Waals surface area contributed by atoms with Crippen molar-refractivity contribution in [1.82, 2.24) is 9.80 Å². The van der Waals surface area contributed by atoms with Crippen LogP contribution in [-0.2, 0) is 4.79 Å². The van der Waals surface area contributed by atoms with E-state index >= 15 is 0 Å². The van der Waals surface area contributed by atoms with Gasteiger partial charge in [0.2, 0.25) is 5.91 Å². The van der Waals surface area contributed by atoms with Crippen LogP contribution in [0.25, 0.3) is 0 Å². The molecule has 1 unspecified atom stereocenters. The first kappa shape index (κ1) is 14.7. The maximum Gasteiger partial charge on any atom is 0.263 e. The highest BCUT2D eigenvalue weighted by molar-refractivity contribution is 5.81. The number of rotatable bonds is 1. The minimum absolute atomic E-state index is 0.0127. The second kappa shape index (κ2) is 5.00. The van der Waals surface area contributed by atoms with Gasteiger partial charge in [-0.25, -0.2) is 8.78 Å². The fourth-order valence-corrected chi connectivity index (χ4v) is 3.07. The third kappa shape index (κ3) is 3.07. The largest absolute Gasteiger partial charge is 0.340 e. The van der Waals surface area contributed by atoms with Gasteiger partial charge in [0.1, 0.15) is 0 Å². The summed E-state index contributed by atoms with van der Waals surface area (Å²) in [7, 11) is 0. The van der Waals surface area contributed by atoms with Crippen molar-refractivity contribution in [1.29, 1.82) is 0 Å². The highest BCUT2D eigenvalue weighted by atomic mass is 19.3. The molecule has 2 fully saturated rings. The van der Waals surface area contributed by atoms with Crippen LogP contribution in [0.4, 0.5) is 8.78 Å². The van der Waals surface area contributed by atoms with Gasteiger partial charge < -0.3 is 4.90 Å². The number of hydrogen-bond donors (Lipinski definition) is 0. The van der Waals surface area contributed by atoms with Gasteiger partial charge >= 0.3 is 0 Å². The van der Waals surface area contributed by atoms with Crippen LogP contribution in [0.15, 0.2) is 0 Å². The van der Waals surface area contributed by atoms with Gasteiger partial charge in [-0.3, -0.25) is 9.69 Å². The molecule has 0 aromatic heterocycles. The predicted molar refractivity (Wildman–Crippen MR) is 70.2 cm³/mol. The van der Waals surface area contributed by atoms with E-state index in [1.807, 2.05) is 30.6 Å². The standard InChI is InChI=1S/C14H24F2N2O/c1-13(2,3)12(19)18-9-7-17(8-10-18)11-5-4-6-14(11,15)16/h11H,4-10H2,1-3H3. The number of halogens is 2. The first-order chi connectivity index (χ1) is 8.72. The van der Waals surface area contributed by atoms with E-state index in [-0.39, 0.29) is 17.7 Å². The number of piperazine rings is 1. The Balaban J connectivity index is 1.91. The molecule has 0 radical (unpaired) electrons. The van der Waals surface area contributed by atoms with Crippen LogP contribution in [0.1, 0.15) is 40.0 Å². The van der Waals surface area contributed by atoms with Crippen molar-refractivity contribution in [2.75, 3.05) is 26.2 Å². The molecule has 1 aliphatic heterocycles. The molecule has 2 rings (SSSR count). The lowest BCUT2D eigenvalue weighted by Crippen LogP contribution is -2.56. The molecule has 0 aromatic carbocycles. The van der Waals surface area contributed by atoms with E-state index in [4.69, 9.17) is 0 Å². The van der Waals surface area contributed by atoms with Gasteiger partial charge in [-0.2, -0.15) is 0 Å². The summed E-state index contributed by atoms with van der Waals surface area (Å²) in [6.45, 7) is 7.97. The predicted octanol–water partition coefficient (Wildman–Crippen LogP) is 2.36. The number of amides is 1. The number of carbonyl (C=O) groups excluding carboxylic acids is 1. The summed E-state index contributed by atoms with van der Waals surface area (Å²) < 4.78 is 27.4. The smallest absolute Gasteiger partial charge is 0.263 e. The maximum absolute atomic E-state index is 13.7. The second-order valence-corrected chi connectivity index (χ2v) is 6.75. The minimum atomic E-state index is -2.55. The van der Waals surface area contributed by atoms with E-state index in [1.165, 1.54) is 0 Å². The van der Waals surface area contributed by atoms with E-state index < -0.39 is 12.0 Å². The Hall–Kier alpha value is -0.710. The molecule has 3 nitrogen and oxygen atoms in total. The third-order valence-corrected chi connectivity index (χ3v) is 4.16. The van der Waals surface area contributed by atoms with Crippen LogP contribution < -0.4 is 0 Å². The second-order valence-electron chi connectivity index (χ2n) is 6.75. The van der Waals surface area contributed by atoms with Crippen molar-refractivity contribution in [3.8, 4) is 0 Å². The summed E-state index contributed by atoms with van der Waals surface area (Å²) in [5.74, 6) is -2.43. The molecule has 0 spiro atoms. The zero-order valence-corrected chi connectivity index (χ0v) is 12.1. The van der Waals surface area contributed by atoms with Gasteiger partial charge in [-0.15, -0.1) is 0 Å². The summed E-state index contributed by atoms with van der Waals surface area (Å²) in [5, 5.41) is 0. The van der Waals surface area contributed by atoms with Gasteiger partial charge in [-0.05, 0) is 12.8 Å². The van der Waals surface area contributed by atoms with Crippen LogP contribution in [0.5, 0.6) is 0 Å². The Morgan fingerprint density at radius 2 is 1.74 bits per heavy atom. The van der Waals surface area contributed by atoms with E-state index in [1.54, 1.807) is 0 Å². The molecule has 1 atom stereocenters. The average molecular weight is 274 g/mol. The topological polar surface area (TPSA) is 23.6 Å². The quantitative estimate of drug-likeness (QED) is 0.733. The molecule has 1 aliphatic carbocycles. The molecule has 19 heavy (non-hydrogen) atoms. The summed E-state index contributed by atoms with van der Waals surface area (Å²) in [6.07, 6.45) is 1.21. The van der Waals surface area contributed by atoms with Crippen LogP contribution in [0, 0.1) is 5.41 Å². The molecular formula is C14H24F2N2O. The number of carbonyl (C=O) groups is 1. The Kier molecular flexibility index (Phi) is 3.87. The lowest BCUT2D eigenvalue weighted by Gasteiger charge is -2.41. The van der Waals surface area contributed by atoms with Crippen molar-refractivity contribution in [2.45, 2.75) is 52.0 Å². The molecule has 5 heteroatoms. The summed E-state index contributed by atoms with van der Waals surface area (Å²) in [6, 6.07) is -0.612. The maximum atomic E-state index is 13.7. The molecule has 110 valence electrons. The van der Waals surface area contributed by atoms with E-state index in [0.717, 1.165) is 0 Å². The molecule has 2 aliphatic rings. The van der Waals surface area contributed by atoms with Crippen LogP contribution >= 0.6 is 0 Å². The molecule has 1 heterocycles. The zero-order valence-electron chi connectivity index (χ0n) is 12.1. The van der Waals surface area contributed by atoms with Gasteiger partial charge in [-0.1, -0.05) is 20.8 Å². The van der Waals surface area contributed by atoms with Gasteiger partial charge in [0.05, 0.1) is 6.04 Å². The number of nitrogens with zero attached hydrogens (tertiary/aromatic N) is 2. The Morgan fingerprint density at radius 3 is 2.16 bits per heavy atom. The average Bonchev–Trinajstić information content (AvgIpc) is 2.67. The van der Waals surface area contributed by atoms with Crippen molar-refractivity contribution >= 4 is 5.91 Å². The Bertz CT molecular complexity index is 344. The molecule has 0 aromatic rings. The van der Waals surface area contributed by atoms with Gasteiger partial charge in [0.25, 0.3) is 5.92 Å². The Labute approximate surface area is 113 Å². The van der Waals surface area contributed by atoms with E-state index in [2.05, 4.69) is 0 Å². The fourth-order valence-electron chi connectivity index (χ4n) is 3.07. The first-order valence-electron chi connectivity index (χ1n) is 7.13. The van der Waals surface area contributed by atoms with Gasteiger partial charge in [0, 0.05) is 38.0 Å². The summed E-state index contributed by atoms with van der Waals surface area (Å²) >= 11 is 0. The third-order valence-electron chi connectivity index (χ3n) is 4.16. The van der Waals surface area contributed by atoms with Crippen molar-refractivity contribution in [2.24, 2.45) is 5.41 Å². The van der Waals surface area contributed by atoms with Crippen molar-refractivity contribution in [3.05, 3.63) is 0 Å². The minimum Gasteiger partial charge on any atom is -0.340 e. The Morgan fingerprint density at radius 1 is 1.16 bits per heavy atom. The SMILES string of the molecule is CC(C)(C)C(=O)N1CCN(C2CCCC2(F)F)CC1. The lowest BCUT2D eigenvalue weighted by atomic mass is 9.94. The fraction of sp³-hybridized carbons (Fsp3) is 0.929. The monoisotopic (exact) mass is 274 g/mol. The van der Waals surface area contributed by atoms with Crippen molar-refractivity contribution < 1.29 is 13.6 Å². The molecule has 1 saturated heterocycles.